The normalized spacial score (nSPS) is 29.4. The average Bonchev–Trinajstić information content (AvgIpc) is 4.05. The number of nitrogens with one attached hydrogen (secondary N) is 1. The Morgan fingerprint density at radius 1 is 0.944 bits per heavy atom. The molecule has 5 bridgehead atoms. The minimum Gasteiger partial charge on any atom is -0.507 e. The number of allylic oxidation sites excluding steroid dienone is 2. The van der Waals surface area contributed by atoms with Gasteiger partial charge >= 0.3 is 11.8 Å². The summed E-state index contributed by atoms with van der Waals surface area (Å²) in [5, 5.41) is 59.3. The number of nitrogens with zero attached hydrogens (tertiary/aromatic N) is 7. The van der Waals surface area contributed by atoms with Crippen LogP contribution in [0.2, 0.25) is 0 Å². The van der Waals surface area contributed by atoms with Crippen molar-refractivity contribution in [2.45, 2.75) is 118 Å². The topological polar surface area (TPSA) is 253 Å². The first kappa shape index (κ1) is 51.8. The molecule has 1 spiro atoms. The van der Waals surface area contributed by atoms with E-state index in [0.717, 1.165) is 6.54 Å². The van der Waals surface area contributed by atoms with Crippen LogP contribution in [0, 0.1) is 36.5 Å². The zero-order valence-electron chi connectivity index (χ0n) is 42.5. The van der Waals surface area contributed by atoms with Gasteiger partial charge in [0, 0.05) is 92.9 Å². The maximum Gasteiger partial charge on any atom is 0.328 e. The van der Waals surface area contributed by atoms with Crippen LogP contribution in [0.1, 0.15) is 84.2 Å². The number of pyridine rings is 1. The summed E-state index contributed by atoms with van der Waals surface area (Å²) >= 11 is 0. The number of phenols is 2. The van der Waals surface area contributed by atoms with Crippen molar-refractivity contribution >= 4 is 34.1 Å². The van der Waals surface area contributed by atoms with Gasteiger partial charge in [0.05, 0.1) is 52.8 Å². The second-order valence-corrected chi connectivity index (χ2v) is 20.3. The lowest BCUT2D eigenvalue weighted by atomic mass is 9.78. The van der Waals surface area contributed by atoms with Gasteiger partial charge in [-0.1, -0.05) is 71.1 Å². The first-order chi connectivity index (χ1) is 34.2. The van der Waals surface area contributed by atoms with Crippen molar-refractivity contribution in [3.05, 3.63) is 88.6 Å². The third kappa shape index (κ3) is 9.86. The standard InChI is InChI=1S/C53H66N8O11/c1-27(2)24-60-21-18-53(19-22-60)56-41-38-39-46(65)33(8)49-40(38)50(67)52(9,72-49)70-23-17-36(69-10)30(5)48(71-37(62)26-61-25-35(58-59-61)34-16-11-12-20-54-34)32(7)45(64)31(6)44(63)28(3)14-13-15-29(4)51(68)55-43(47(39)66)42(41)57-53/h11-17,20,23,25,27-28,30-32,36,44-45,48,63-66H,18-19,21-22,24,26H2,1-10H3,(H,55,68)/b14-13+,23-17+,29-15-/t28-,30+,31+,32+,36-,44-,45+,48+,52-/m0/s1. The van der Waals surface area contributed by atoms with Crippen LogP contribution in [-0.2, 0) is 30.3 Å². The minimum absolute atomic E-state index is 0.0148. The number of aromatic nitrogens is 4. The molecule has 2 aromatic heterocycles. The molecule has 5 aliphatic heterocycles. The van der Waals surface area contributed by atoms with Gasteiger partial charge in [0.1, 0.15) is 40.9 Å². The molecule has 7 heterocycles. The van der Waals surface area contributed by atoms with Gasteiger partial charge in [0.25, 0.3) is 11.7 Å². The molecule has 4 aromatic rings. The zero-order chi connectivity index (χ0) is 52.0. The highest BCUT2D eigenvalue weighted by molar-refractivity contribution is 6.19. The first-order valence-electron chi connectivity index (χ1n) is 24.6. The number of ketones is 1. The van der Waals surface area contributed by atoms with Crippen molar-refractivity contribution < 1.29 is 53.8 Å². The van der Waals surface area contributed by atoms with E-state index >= 15 is 0 Å². The number of benzene rings is 2. The van der Waals surface area contributed by atoms with E-state index in [-0.39, 0.29) is 61.9 Å². The Morgan fingerprint density at radius 2 is 1.67 bits per heavy atom. The summed E-state index contributed by atoms with van der Waals surface area (Å²) < 4.78 is 26.0. The Hall–Kier alpha value is -6.54. The van der Waals surface area contributed by atoms with Gasteiger partial charge < -0.3 is 49.6 Å². The maximum atomic E-state index is 14.9. The van der Waals surface area contributed by atoms with Crippen LogP contribution in [0.15, 0.2) is 76.7 Å². The van der Waals surface area contributed by atoms with Crippen LogP contribution in [0.3, 0.4) is 0 Å². The second-order valence-electron chi connectivity index (χ2n) is 20.3. The maximum absolute atomic E-state index is 14.9. The number of aromatic hydroxyl groups is 2. The Bertz CT molecular complexity index is 2960. The molecule has 1 saturated heterocycles. The van der Waals surface area contributed by atoms with Crippen molar-refractivity contribution in [3.8, 4) is 28.6 Å². The number of aliphatic hydroxyl groups is 2. The molecular formula is C53H66N8O11. The molecule has 0 unspecified atom stereocenters. The quantitative estimate of drug-likeness (QED) is 0.120. The largest absolute Gasteiger partial charge is 0.507 e. The van der Waals surface area contributed by atoms with Crippen LogP contribution in [0.25, 0.3) is 22.2 Å². The van der Waals surface area contributed by atoms with E-state index in [1.54, 1.807) is 84.3 Å². The zero-order valence-corrected chi connectivity index (χ0v) is 42.5. The number of phenolic OH excluding ortho intramolecular Hbond substituents is 2. The third-order valence-electron chi connectivity index (χ3n) is 14.6. The van der Waals surface area contributed by atoms with Crippen LogP contribution < -0.4 is 20.8 Å². The number of amides is 1. The van der Waals surface area contributed by atoms with Gasteiger partial charge in [-0.15, -0.1) is 5.10 Å². The molecule has 9 atom stereocenters. The van der Waals surface area contributed by atoms with E-state index in [1.165, 1.54) is 31.1 Å². The Morgan fingerprint density at radius 3 is 2.35 bits per heavy atom. The van der Waals surface area contributed by atoms with Crippen molar-refractivity contribution in [2.75, 3.05) is 32.1 Å². The Labute approximate surface area is 418 Å². The van der Waals surface area contributed by atoms with Gasteiger partial charge in [-0.2, -0.15) is 0 Å². The average molecular weight is 991 g/mol. The molecule has 19 heteroatoms. The smallest absolute Gasteiger partial charge is 0.328 e. The molecule has 9 rings (SSSR count). The fraction of sp³-hybridized carbons (Fsp3) is 0.509. The minimum atomic E-state index is -2.01. The summed E-state index contributed by atoms with van der Waals surface area (Å²) in [5.74, 6) is -7.10. The van der Waals surface area contributed by atoms with Gasteiger partial charge in [0.2, 0.25) is 0 Å². The summed E-state index contributed by atoms with van der Waals surface area (Å²) in [4.78, 5) is 59.8. The number of aliphatic hydroxyl groups excluding tert-OH is 2. The van der Waals surface area contributed by atoms with E-state index < -0.39 is 82.9 Å². The summed E-state index contributed by atoms with van der Waals surface area (Å²) in [5.41, 5.74) is 0.350. The van der Waals surface area contributed by atoms with E-state index in [2.05, 4.69) is 39.4 Å². The number of carbonyl (C=O) groups is 3. The number of anilines is 1. The molecule has 0 saturated carbocycles. The molecular weight excluding hydrogens is 925 g/mol. The molecule has 5 N–H and O–H groups in total. The van der Waals surface area contributed by atoms with Gasteiger partial charge in [0.15, 0.2) is 11.4 Å². The van der Waals surface area contributed by atoms with Crippen molar-refractivity contribution in [2.24, 2.45) is 39.6 Å². The number of methoxy groups -OCH3 is 1. The number of esters is 1. The number of piperidine rings is 1. The van der Waals surface area contributed by atoms with Gasteiger partial charge in [-0.3, -0.25) is 29.4 Å². The van der Waals surface area contributed by atoms with E-state index in [0.29, 0.717) is 43.2 Å². The lowest BCUT2D eigenvalue weighted by Gasteiger charge is -2.38. The molecule has 0 radical (unpaired) electrons. The second kappa shape index (κ2) is 20.5. The highest BCUT2D eigenvalue weighted by Gasteiger charge is 2.50. The number of carbonyl (C=O) groups excluding carboxylic acids is 3. The molecule has 0 aliphatic carbocycles. The number of Topliss-reactive ketones (excluding diaryl/α,β-unsaturated/α-hetero) is 1. The fourth-order valence-corrected chi connectivity index (χ4v) is 10.3. The van der Waals surface area contributed by atoms with E-state index in [1.807, 2.05) is 6.07 Å². The molecule has 2 aromatic carbocycles. The lowest BCUT2D eigenvalue weighted by Crippen LogP contribution is -2.47. The molecule has 19 nitrogen and oxygen atoms in total. The Kier molecular flexibility index (Phi) is 14.8. The first-order valence-corrected chi connectivity index (χ1v) is 24.6. The van der Waals surface area contributed by atoms with Crippen LogP contribution >= 0.6 is 0 Å². The van der Waals surface area contributed by atoms with Crippen LogP contribution in [0.4, 0.5) is 5.69 Å². The van der Waals surface area contributed by atoms with Gasteiger partial charge in [-0.05, 0) is 38.0 Å². The van der Waals surface area contributed by atoms with E-state index in [4.69, 9.17) is 28.9 Å². The number of rotatable bonds is 7. The number of fused-ring (bicyclic) bond motifs is 13. The number of ether oxygens (including phenoxy) is 4. The number of hydrogen-bond donors (Lipinski definition) is 5. The number of likely N-dealkylation sites (tertiary alicyclic amines) is 1. The SMILES string of the molecule is CO[C@H]1/C=C/O[C@@]2(C)Oc3c(C)c(O)c4c(O)c(c5c(c4c3C2=O)=NC2(CCN(CC(C)C)CC2)N=5)NC(=O)/C(C)=C\C=C\[C@H](C)[C@H](O)[C@@H](C)[C@@H](O)[C@@H](C)[C@H](OC(=O)Cn2cc(-c3ccccn3)nn2)[C@@H]1C. The summed E-state index contributed by atoms with van der Waals surface area (Å²) in [6.45, 7) is 17.8. The van der Waals surface area contributed by atoms with Crippen molar-refractivity contribution in [1.82, 2.24) is 24.9 Å². The predicted octanol–water partition coefficient (Wildman–Crippen LogP) is 5.08. The predicted molar refractivity (Wildman–Crippen MR) is 265 cm³/mol. The summed E-state index contributed by atoms with van der Waals surface area (Å²) in [7, 11) is 1.46. The van der Waals surface area contributed by atoms with Gasteiger partial charge in [-0.25, -0.2) is 4.68 Å². The molecule has 1 fully saturated rings. The number of hydrogen-bond acceptors (Lipinski definition) is 17. The van der Waals surface area contributed by atoms with Crippen molar-refractivity contribution in [3.63, 3.8) is 0 Å². The highest BCUT2D eigenvalue weighted by atomic mass is 16.7. The third-order valence-corrected chi connectivity index (χ3v) is 14.6. The molecule has 5 aliphatic rings. The van der Waals surface area contributed by atoms with Crippen LogP contribution in [0.5, 0.6) is 17.2 Å². The monoisotopic (exact) mass is 990 g/mol. The summed E-state index contributed by atoms with van der Waals surface area (Å²) in [6, 6.07) is 5.35. The summed E-state index contributed by atoms with van der Waals surface area (Å²) in [6.07, 6.45) is 7.74. The van der Waals surface area contributed by atoms with Crippen molar-refractivity contribution in [1.29, 1.82) is 0 Å². The lowest BCUT2D eigenvalue weighted by molar-refractivity contribution is -0.164. The van der Waals surface area contributed by atoms with E-state index in [9.17, 15) is 34.8 Å². The highest BCUT2D eigenvalue weighted by Crippen LogP contribution is 2.50. The molecule has 1 amide bonds. The molecule has 72 heavy (non-hydrogen) atoms. The van der Waals surface area contributed by atoms with Crippen LogP contribution in [-0.4, -0.2) is 126 Å². The Balaban J connectivity index is 1.20. The fourth-order valence-electron chi connectivity index (χ4n) is 10.3. The molecule has 384 valence electrons.